The zero-order valence-corrected chi connectivity index (χ0v) is 17.1. The van der Waals surface area contributed by atoms with E-state index in [-0.39, 0.29) is 17.8 Å². The number of alkyl halides is 2. The van der Waals surface area contributed by atoms with Gasteiger partial charge in [-0.05, 0) is 37.0 Å². The Bertz CT molecular complexity index is 1070. The van der Waals surface area contributed by atoms with Gasteiger partial charge in [-0.25, -0.2) is 18.4 Å². The molecule has 0 aliphatic carbocycles. The Hall–Kier alpha value is -3.07. The number of phenolic OH excluding ortho intramolecular Hbond substituents is 1. The minimum absolute atomic E-state index is 0.0413. The predicted octanol–water partition coefficient (Wildman–Crippen LogP) is 3.31. The first-order valence-corrected chi connectivity index (χ1v) is 10.4. The van der Waals surface area contributed by atoms with E-state index in [0.717, 1.165) is 24.8 Å². The Morgan fingerprint density at radius 3 is 2.77 bits per heavy atom. The normalized spacial score (nSPS) is 25.0. The summed E-state index contributed by atoms with van der Waals surface area (Å²) in [6, 6.07) is 5.21. The van der Waals surface area contributed by atoms with Crippen molar-refractivity contribution in [3.8, 4) is 28.1 Å². The van der Waals surface area contributed by atoms with E-state index in [0.29, 0.717) is 28.7 Å². The number of hydrogen-bond donors (Lipinski definition) is 2. The number of halogens is 2. The quantitative estimate of drug-likeness (QED) is 0.652. The number of aromatic nitrogens is 4. The zero-order chi connectivity index (χ0) is 21.5. The average molecular weight is 426 g/mol. The summed E-state index contributed by atoms with van der Waals surface area (Å²) in [5, 5.41) is 17.8. The molecular weight excluding hydrogens is 402 g/mol. The number of benzene rings is 1. The summed E-state index contributed by atoms with van der Waals surface area (Å²) in [5.74, 6) is 0.645. The molecule has 2 fully saturated rings. The summed E-state index contributed by atoms with van der Waals surface area (Å²) >= 11 is 0. The molecule has 4 atom stereocenters. The van der Waals surface area contributed by atoms with E-state index >= 15 is 0 Å². The molecule has 2 aliphatic heterocycles. The number of hydrogen-bond acceptors (Lipinski definition) is 6. The van der Waals surface area contributed by atoms with Crippen LogP contribution in [0.25, 0.3) is 22.4 Å². The third-order valence-corrected chi connectivity index (χ3v) is 6.41. The van der Waals surface area contributed by atoms with E-state index in [1.54, 1.807) is 36.9 Å². The lowest BCUT2D eigenvalue weighted by molar-refractivity contribution is 0.176. The Morgan fingerprint density at radius 2 is 2.06 bits per heavy atom. The van der Waals surface area contributed by atoms with E-state index < -0.39 is 13.0 Å². The Kier molecular flexibility index (Phi) is 5.05. The highest BCUT2D eigenvalue weighted by atomic mass is 19.1. The van der Waals surface area contributed by atoms with Crippen molar-refractivity contribution in [1.82, 2.24) is 25.1 Å². The number of anilines is 1. The fourth-order valence-corrected chi connectivity index (χ4v) is 4.67. The van der Waals surface area contributed by atoms with E-state index in [2.05, 4.69) is 20.4 Å². The molecule has 3 aromatic rings. The van der Waals surface area contributed by atoms with Gasteiger partial charge < -0.3 is 15.3 Å². The largest absolute Gasteiger partial charge is 0.507 e. The van der Waals surface area contributed by atoms with Gasteiger partial charge in [0, 0.05) is 36.5 Å². The molecule has 9 heteroatoms. The molecular formula is C22H24F2N6O. The van der Waals surface area contributed by atoms with Crippen LogP contribution in [0, 0.1) is 0 Å². The second-order valence-corrected chi connectivity index (χ2v) is 8.29. The summed E-state index contributed by atoms with van der Waals surface area (Å²) in [6.07, 6.45) is 8.03. The van der Waals surface area contributed by atoms with Crippen molar-refractivity contribution in [2.75, 3.05) is 11.9 Å². The lowest BCUT2D eigenvalue weighted by Gasteiger charge is -2.38. The zero-order valence-electron chi connectivity index (χ0n) is 17.1. The number of fused-ring (bicyclic) bond motifs is 2. The molecule has 2 aliphatic rings. The topological polar surface area (TPSA) is 79.1 Å². The minimum atomic E-state index is -0.941. The smallest absolute Gasteiger partial charge is 0.181 e. The number of phenols is 1. The molecule has 2 saturated heterocycles. The highest BCUT2D eigenvalue weighted by Gasteiger charge is 2.43. The SMILES string of the molecule is CN(c1cnc(-c2ccc(-c3cnn(CF)c3)cc2O)cn1)[C@@H]1C[C@H]2CC[C@H](N2)[C@@H]1F. The lowest BCUT2D eigenvalue weighted by Crippen LogP contribution is -2.55. The van der Waals surface area contributed by atoms with Gasteiger partial charge in [0.25, 0.3) is 0 Å². The van der Waals surface area contributed by atoms with Crippen LogP contribution in [0.15, 0.2) is 43.0 Å². The van der Waals surface area contributed by atoms with Crippen LogP contribution in [0.1, 0.15) is 19.3 Å². The van der Waals surface area contributed by atoms with Crippen molar-refractivity contribution < 1.29 is 13.9 Å². The Labute approximate surface area is 178 Å². The molecule has 31 heavy (non-hydrogen) atoms. The van der Waals surface area contributed by atoms with Crippen molar-refractivity contribution >= 4 is 5.82 Å². The molecule has 0 radical (unpaired) electrons. The maximum atomic E-state index is 14.9. The van der Waals surface area contributed by atoms with Gasteiger partial charge in [-0.3, -0.25) is 4.98 Å². The first-order chi connectivity index (χ1) is 15.0. The van der Waals surface area contributed by atoms with Gasteiger partial charge in [0.1, 0.15) is 17.7 Å². The van der Waals surface area contributed by atoms with E-state index in [4.69, 9.17) is 0 Å². The van der Waals surface area contributed by atoms with Crippen molar-refractivity contribution in [3.05, 3.63) is 43.0 Å². The second-order valence-electron chi connectivity index (χ2n) is 8.29. The molecule has 0 saturated carbocycles. The third kappa shape index (κ3) is 3.63. The molecule has 5 rings (SSSR count). The lowest BCUT2D eigenvalue weighted by atomic mass is 9.96. The van der Waals surface area contributed by atoms with Crippen LogP contribution < -0.4 is 10.2 Å². The van der Waals surface area contributed by atoms with Gasteiger partial charge in [0.2, 0.25) is 0 Å². The van der Waals surface area contributed by atoms with Crippen LogP contribution >= 0.6 is 0 Å². The summed E-state index contributed by atoms with van der Waals surface area (Å²) in [7, 11) is 1.86. The fraction of sp³-hybridized carbons (Fsp3) is 0.409. The summed E-state index contributed by atoms with van der Waals surface area (Å²) in [6.45, 7) is -0.706. The molecule has 162 valence electrons. The molecule has 4 heterocycles. The van der Waals surface area contributed by atoms with Crippen molar-refractivity contribution in [1.29, 1.82) is 0 Å². The van der Waals surface area contributed by atoms with Gasteiger partial charge in [0.05, 0.1) is 30.3 Å². The number of aromatic hydroxyl groups is 1. The molecule has 7 nitrogen and oxygen atoms in total. The van der Waals surface area contributed by atoms with Crippen LogP contribution in [0.3, 0.4) is 0 Å². The van der Waals surface area contributed by atoms with E-state index in [1.807, 2.05) is 18.0 Å². The fourth-order valence-electron chi connectivity index (χ4n) is 4.67. The molecule has 1 aromatic carbocycles. The third-order valence-electron chi connectivity index (χ3n) is 6.41. The van der Waals surface area contributed by atoms with Gasteiger partial charge in [-0.1, -0.05) is 6.07 Å². The standard InChI is InChI=1S/C22H24F2N6O/c1-29(19-7-15-3-5-17(28-15)22(19)24)21-10-25-18(9-26-21)16-4-2-13(6-20(16)31)14-8-27-30(11-14)12-23/h2,4,6,8-11,15,17,19,22,28,31H,3,5,7,12H2,1H3/t15-,17+,19-,22+/m1/s1. The first-order valence-electron chi connectivity index (χ1n) is 10.4. The maximum Gasteiger partial charge on any atom is 0.181 e. The molecule has 2 aromatic heterocycles. The average Bonchev–Trinajstić information content (AvgIpc) is 3.43. The van der Waals surface area contributed by atoms with Gasteiger partial charge >= 0.3 is 0 Å². The summed E-state index contributed by atoms with van der Waals surface area (Å²) < 4.78 is 28.7. The van der Waals surface area contributed by atoms with Gasteiger partial charge in [0.15, 0.2) is 6.80 Å². The van der Waals surface area contributed by atoms with Crippen molar-refractivity contribution in [2.24, 2.45) is 0 Å². The number of piperidine rings is 1. The Morgan fingerprint density at radius 1 is 1.19 bits per heavy atom. The molecule has 0 unspecified atom stereocenters. The number of rotatable bonds is 5. The Balaban J connectivity index is 1.35. The van der Waals surface area contributed by atoms with Crippen LogP contribution in [0.5, 0.6) is 5.75 Å². The molecule has 0 spiro atoms. The predicted molar refractivity (Wildman–Crippen MR) is 113 cm³/mol. The van der Waals surface area contributed by atoms with Crippen LogP contribution in [0.4, 0.5) is 14.6 Å². The molecule has 0 amide bonds. The first kappa shape index (κ1) is 19.9. The highest BCUT2D eigenvalue weighted by molar-refractivity contribution is 5.73. The van der Waals surface area contributed by atoms with Gasteiger partial charge in [-0.15, -0.1) is 0 Å². The molecule has 2 bridgehead atoms. The second kappa shape index (κ2) is 7.88. The van der Waals surface area contributed by atoms with Crippen molar-refractivity contribution in [2.45, 2.75) is 50.4 Å². The minimum Gasteiger partial charge on any atom is -0.507 e. The number of nitrogens with zero attached hydrogens (tertiary/aromatic N) is 5. The van der Waals surface area contributed by atoms with Crippen LogP contribution in [-0.4, -0.2) is 56.2 Å². The maximum absolute atomic E-state index is 14.9. The van der Waals surface area contributed by atoms with Crippen LogP contribution in [-0.2, 0) is 6.80 Å². The summed E-state index contributed by atoms with van der Waals surface area (Å²) in [4.78, 5) is 10.8. The monoisotopic (exact) mass is 426 g/mol. The van der Waals surface area contributed by atoms with Gasteiger partial charge in [-0.2, -0.15) is 5.10 Å². The van der Waals surface area contributed by atoms with Crippen LogP contribution in [0.2, 0.25) is 0 Å². The summed E-state index contributed by atoms with van der Waals surface area (Å²) in [5.41, 5.74) is 2.48. The van der Waals surface area contributed by atoms with E-state index in [9.17, 15) is 13.9 Å². The number of nitrogens with one attached hydrogen (secondary N) is 1. The van der Waals surface area contributed by atoms with E-state index in [1.165, 1.54) is 4.68 Å². The highest BCUT2D eigenvalue weighted by Crippen LogP contribution is 2.35. The van der Waals surface area contributed by atoms with Crippen molar-refractivity contribution in [3.63, 3.8) is 0 Å². The molecule has 2 N–H and O–H groups in total.